The molecule has 2 heteroatoms. The summed E-state index contributed by atoms with van der Waals surface area (Å²) in [5.74, 6) is 0. The van der Waals surface area contributed by atoms with Gasteiger partial charge in [-0.05, 0) is 11.1 Å². The normalized spacial score (nSPS) is 20.6. The van der Waals surface area contributed by atoms with Crippen molar-refractivity contribution < 1.29 is 4.48 Å². The van der Waals surface area contributed by atoms with Crippen LogP contribution < -0.4 is 5.73 Å². The van der Waals surface area contributed by atoms with Crippen molar-refractivity contribution in [2.24, 2.45) is 5.73 Å². The largest absolute Gasteiger partial charge is 0.316 e. The van der Waals surface area contributed by atoms with E-state index in [0.29, 0.717) is 0 Å². The Morgan fingerprint density at radius 3 is 2.36 bits per heavy atom. The second-order valence-corrected chi connectivity index (χ2v) is 4.69. The van der Waals surface area contributed by atoms with E-state index in [4.69, 9.17) is 5.73 Å². The summed E-state index contributed by atoms with van der Waals surface area (Å²) in [5, 5.41) is 0. The molecule has 0 spiro atoms. The zero-order valence-corrected chi connectivity index (χ0v) is 8.99. The van der Waals surface area contributed by atoms with Gasteiger partial charge in [0.2, 0.25) is 0 Å². The lowest BCUT2D eigenvalue weighted by atomic mass is 10.1. The quantitative estimate of drug-likeness (QED) is 0.669. The molecule has 0 radical (unpaired) electrons. The molecule has 74 valence electrons. The topological polar surface area (TPSA) is 26.0 Å². The zero-order valence-electron chi connectivity index (χ0n) is 8.99. The van der Waals surface area contributed by atoms with Crippen LogP contribution in [0.2, 0.25) is 0 Å². The van der Waals surface area contributed by atoms with Gasteiger partial charge in [-0.15, -0.1) is 0 Å². The van der Waals surface area contributed by atoms with Crippen molar-refractivity contribution in [1.82, 2.24) is 0 Å². The number of nitrogens with two attached hydrogens (primary N) is 1. The number of quaternary nitrogens is 1. The molecule has 14 heavy (non-hydrogen) atoms. The highest BCUT2D eigenvalue weighted by molar-refractivity contribution is 5.64. The highest BCUT2D eigenvalue weighted by Crippen LogP contribution is 2.35. The second kappa shape index (κ2) is 2.94. The fourth-order valence-electron chi connectivity index (χ4n) is 1.94. The minimum Gasteiger partial charge on any atom is -0.316 e. The molecule has 2 N–H and O–H groups in total. The van der Waals surface area contributed by atoms with Crippen LogP contribution in [0.15, 0.2) is 30.0 Å². The molecule has 0 aliphatic heterocycles. The molecule has 2 nitrogen and oxygen atoms in total. The number of fused-ring (bicyclic) bond motifs is 1. The van der Waals surface area contributed by atoms with Crippen LogP contribution >= 0.6 is 0 Å². The fraction of sp³-hybridized carbons (Fsp3) is 0.333. The van der Waals surface area contributed by atoms with Gasteiger partial charge in [-0.3, -0.25) is 0 Å². The van der Waals surface area contributed by atoms with Gasteiger partial charge in [0.25, 0.3) is 0 Å². The van der Waals surface area contributed by atoms with Gasteiger partial charge in [0.15, 0.2) is 0 Å². The number of rotatable bonds is 1. The molecule has 0 amide bonds. The van der Waals surface area contributed by atoms with Crippen LogP contribution in [0.1, 0.15) is 17.2 Å². The fourth-order valence-corrected chi connectivity index (χ4v) is 1.94. The van der Waals surface area contributed by atoms with Crippen molar-refractivity contribution in [3.05, 3.63) is 41.1 Å². The van der Waals surface area contributed by atoms with Crippen LogP contribution in [0.25, 0.3) is 6.08 Å². The van der Waals surface area contributed by atoms with Gasteiger partial charge in [0, 0.05) is 6.08 Å². The number of hydrogen-bond donors (Lipinski definition) is 1. The van der Waals surface area contributed by atoms with E-state index in [0.717, 1.165) is 4.48 Å². The molecule has 1 aliphatic rings. The number of nitrogens with zero attached hydrogens (tertiary/aromatic N) is 1. The second-order valence-electron chi connectivity index (χ2n) is 4.69. The van der Waals surface area contributed by atoms with E-state index in [1.807, 2.05) is 6.07 Å². The van der Waals surface area contributed by atoms with Crippen LogP contribution in [0.5, 0.6) is 0 Å². The average molecular weight is 189 g/mol. The molecule has 0 saturated carbocycles. The predicted octanol–water partition coefficient (Wildman–Crippen LogP) is 1.75. The van der Waals surface area contributed by atoms with Gasteiger partial charge in [0.05, 0.1) is 21.1 Å². The molecule has 1 unspecified atom stereocenters. The summed E-state index contributed by atoms with van der Waals surface area (Å²) in [7, 11) is 6.45. The average Bonchev–Trinajstić information content (AvgIpc) is 2.44. The summed E-state index contributed by atoms with van der Waals surface area (Å²) < 4.78 is 0.801. The smallest absolute Gasteiger partial charge is 0.130 e. The van der Waals surface area contributed by atoms with Gasteiger partial charge in [-0.2, -0.15) is 0 Å². The maximum absolute atomic E-state index is 6.19. The van der Waals surface area contributed by atoms with Gasteiger partial charge in [0.1, 0.15) is 11.7 Å². The predicted molar refractivity (Wildman–Crippen MR) is 59.4 cm³/mol. The monoisotopic (exact) mass is 189 g/mol. The summed E-state index contributed by atoms with van der Waals surface area (Å²) in [6.07, 6.45) is 2.21. The third-order valence-electron chi connectivity index (χ3n) is 2.73. The maximum Gasteiger partial charge on any atom is 0.130 e. The third-order valence-corrected chi connectivity index (χ3v) is 2.73. The Balaban J connectivity index is 2.47. The summed E-state index contributed by atoms with van der Waals surface area (Å²) in [4.78, 5) is 0. The minimum absolute atomic E-state index is 0.0613. The number of likely N-dealkylation sites (N-methyl/N-ethyl adjacent to an activating group) is 1. The standard InChI is InChI=1S/C12H17N2/c1-14(2,3)11-8-9-6-4-5-7-10(9)12(11)13/h4-8,12H,13H2,1-3H3/q+1. The van der Waals surface area contributed by atoms with E-state index < -0.39 is 0 Å². The van der Waals surface area contributed by atoms with Crippen LogP contribution in [-0.2, 0) is 0 Å². The van der Waals surface area contributed by atoms with Gasteiger partial charge >= 0.3 is 0 Å². The molecule has 0 aromatic heterocycles. The van der Waals surface area contributed by atoms with E-state index in [-0.39, 0.29) is 6.04 Å². The van der Waals surface area contributed by atoms with Crippen molar-refractivity contribution in [3.8, 4) is 0 Å². The Labute approximate surface area is 85.2 Å². The first kappa shape index (κ1) is 9.44. The number of hydrogen-bond acceptors (Lipinski definition) is 1. The van der Waals surface area contributed by atoms with Crippen molar-refractivity contribution in [3.63, 3.8) is 0 Å². The minimum atomic E-state index is 0.0613. The Morgan fingerprint density at radius 2 is 1.79 bits per heavy atom. The van der Waals surface area contributed by atoms with E-state index in [1.165, 1.54) is 16.8 Å². The van der Waals surface area contributed by atoms with Gasteiger partial charge in [-0.1, -0.05) is 24.3 Å². The van der Waals surface area contributed by atoms with Crippen LogP contribution in [-0.4, -0.2) is 25.6 Å². The Kier molecular flexibility index (Phi) is 1.98. The Morgan fingerprint density at radius 1 is 1.14 bits per heavy atom. The first-order valence-corrected chi connectivity index (χ1v) is 4.88. The lowest BCUT2D eigenvalue weighted by Gasteiger charge is -2.27. The summed E-state index contributed by atoms with van der Waals surface area (Å²) in [5.41, 5.74) is 9.98. The summed E-state index contributed by atoms with van der Waals surface area (Å²) in [6, 6.07) is 8.40. The highest BCUT2D eigenvalue weighted by atomic mass is 15.3. The molecule has 0 heterocycles. The molecule has 1 atom stereocenters. The molecule has 2 rings (SSSR count). The first-order valence-electron chi connectivity index (χ1n) is 4.88. The van der Waals surface area contributed by atoms with Crippen molar-refractivity contribution in [1.29, 1.82) is 0 Å². The maximum atomic E-state index is 6.19. The van der Waals surface area contributed by atoms with E-state index in [1.54, 1.807) is 0 Å². The van der Waals surface area contributed by atoms with Crippen LogP contribution in [0.4, 0.5) is 0 Å². The SMILES string of the molecule is C[N+](C)(C)C1=Cc2ccccc2C1N. The first-order chi connectivity index (χ1) is 6.50. The van der Waals surface area contributed by atoms with Crippen LogP contribution in [0, 0.1) is 0 Å². The lowest BCUT2D eigenvalue weighted by Crippen LogP contribution is -2.37. The zero-order chi connectivity index (χ0) is 10.3. The van der Waals surface area contributed by atoms with Gasteiger partial charge in [-0.25, -0.2) is 0 Å². The molecule has 0 bridgehead atoms. The number of benzene rings is 1. The van der Waals surface area contributed by atoms with Crippen LogP contribution in [0.3, 0.4) is 0 Å². The Hall–Kier alpha value is -1.12. The molecule has 0 fully saturated rings. The highest BCUT2D eigenvalue weighted by Gasteiger charge is 2.30. The Bertz CT molecular complexity index is 386. The molecule has 1 aliphatic carbocycles. The summed E-state index contributed by atoms with van der Waals surface area (Å²) >= 11 is 0. The van der Waals surface area contributed by atoms with Crippen molar-refractivity contribution in [2.75, 3.05) is 21.1 Å². The van der Waals surface area contributed by atoms with Gasteiger partial charge < -0.3 is 10.2 Å². The third kappa shape index (κ3) is 1.37. The molecular formula is C12H17N2+. The molecular weight excluding hydrogens is 172 g/mol. The molecule has 1 aromatic rings. The van der Waals surface area contributed by atoms with E-state index in [9.17, 15) is 0 Å². The van der Waals surface area contributed by atoms with E-state index >= 15 is 0 Å². The van der Waals surface area contributed by atoms with Crippen molar-refractivity contribution in [2.45, 2.75) is 6.04 Å². The lowest BCUT2D eigenvalue weighted by molar-refractivity contribution is -0.832. The molecule has 1 aromatic carbocycles. The molecule has 0 saturated heterocycles. The summed E-state index contributed by atoms with van der Waals surface area (Å²) in [6.45, 7) is 0. The van der Waals surface area contributed by atoms with E-state index in [2.05, 4.69) is 45.4 Å². The van der Waals surface area contributed by atoms with Crippen molar-refractivity contribution >= 4 is 6.08 Å².